The average molecular weight is 351 g/mol. The van der Waals surface area contributed by atoms with Crippen molar-refractivity contribution in [2.45, 2.75) is 12.8 Å². The number of aryl methyl sites for hydroxylation is 1. The number of para-hydroxylation sites is 1. The van der Waals surface area contributed by atoms with E-state index in [0.717, 1.165) is 5.56 Å². The van der Waals surface area contributed by atoms with Gasteiger partial charge in [-0.3, -0.25) is 4.79 Å². The summed E-state index contributed by atoms with van der Waals surface area (Å²) in [5, 5.41) is 9.38. The number of carbonyl (C=O) groups is 1. The highest BCUT2D eigenvalue weighted by atomic mass is 35.5. The quantitative estimate of drug-likeness (QED) is 0.696. The maximum Gasteiger partial charge on any atom is 0.303 e. The smallest absolute Gasteiger partial charge is 0.303 e. The van der Waals surface area contributed by atoms with Crippen LogP contribution in [0.15, 0.2) is 42.5 Å². The summed E-state index contributed by atoms with van der Waals surface area (Å²) in [7, 11) is 1.57. The summed E-state index contributed by atoms with van der Waals surface area (Å²) < 4.78 is 16.5. The minimum atomic E-state index is -0.848. The molecule has 0 atom stereocenters. The Labute approximate surface area is 145 Å². The van der Waals surface area contributed by atoms with E-state index < -0.39 is 5.97 Å². The third-order valence-electron chi connectivity index (χ3n) is 3.32. The molecule has 0 amide bonds. The fourth-order valence-electron chi connectivity index (χ4n) is 2.11. The van der Waals surface area contributed by atoms with Crippen molar-refractivity contribution in [3.8, 4) is 17.2 Å². The van der Waals surface area contributed by atoms with Crippen molar-refractivity contribution in [1.29, 1.82) is 0 Å². The van der Waals surface area contributed by atoms with Gasteiger partial charge < -0.3 is 19.3 Å². The summed E-state index contributed by atoms with van der Waals surface area (Å²) in [5.74, 6) is 0.993. The molecular formula is C18H19ClO5. The fraction of sp³-hybridized carbons (Fsp3) is 0.278. The number of ether oxygens (including phenoxy) is 3. The van der Waals surface area contributed by atoms with E-state index >= 15 is 0 Å². The molecule has 0 saturated heterocycles. The summed E-state index contributed by atoms with van der Waals surface area (Å²) >= 11 is 6.02. The van der Waals surface area contributed by atoms with Gasteiger partial charge in [-0.2, -0.15) is 0 Å². The van der Waals surface area contributed by atoms with Crippen LogP contribution in [0.1, 0.15) is 12.0 Å². The van der Waals surface area contributed by atoms with Crippen molar-refractivity contribution >= 4 is 17.6 Å². The van der Waals surface area contributed by atoms with Gasteiger partial charge in [0.15, 0.2) is 0 Å². The second kappa shape index (κ2) is 9.03. The second-order valence-electron chi connectivity index (χ2n) is 4.99. The average Bonchev–Trinajstić information content (AvgIpc) is 2.58. The van der Waals surface area contributed by atoms with Gasteiger partial charge in [0.2, 0.25) is 0 Å². The maximum absolute atomic E-state index is 10.8. The molecule has 0 spiro atoms. The van der Waals surface area contributed by atoms with Gasteiger partial charge in [0, 0.05) is 12.5 Å². The van der Waals surface area contributed by atoms with Gasteiger partial charge >= 0.3 is 5.97 Å². The van der Waals surface area contributed by atoms with Gasteiger partial charge in [0.05, 0.1) is 12.1 Å². The lowest BCUT2D eigenvalue weighted by atomic mass is 10.1. The molecule has 0 unspecified atom stereocenters. The minimum absolute atomic E-state index is 0.0405. The molecule has 0 heterocycles. The zero-order valence-electron chi connectivity index (χ0n) is 13.3. The van der Waals surface area contributed by atoms with Gasteiger partial charge in [0.25, 0.3) is 0 Å². The summed E-state index contributed by atoms with van der Waals surface area (Å²) in [5.41, 5.74) is 0.816. The molecule has 5 nitrogen and oxygen atoms in total. The van der Waals surface area contributed by atoms with Crippen LogP contribution >= 0.6 is 11.6 Å². The topological polar surface area (TPSA) is 65.0 Å². The molecule has 0 radical (unpaired) electrons. The Hall–Kier alpha value is -2.40. The Morgan fingerprint density at radius 3 is 2.46 bits per heavy atom. The first-order chi connectivity index (χ1) is 11.6. The van der Waals surface area contributed by atoms with Gasteiger partial charge in [-0.15, -0.1) is 0 Å². The molecule has 0 aliphatic rings. The molecule has 2 aromatic rings. The van der Waals surface area contributed by atoms with E-state index in [-0.39, 0.29) is 6.42 Å². The number of benzene rings is 2. The van der Waals surface area contributed by atoms with Crippen molar-refractivity contribution in [3.05, 3.63) is 53.1 Å². The standard InChI is InChI=1S/C18H19ClO5/c1-22-14-8-6-13(7-9-18(20)21)17(12-14)24-11-10-23-16-5-3-2-4-15(16)19/h2-6,8,12H,7,9-11H2,1H3,(H,20,21). The van der Waals surface area contributed by atoms with Crippen molar-refractivity contribution in [2.75, 3.05) is 20.3 Å². The van der Waals surface area contributed by atoms with Gasteiger partial charge in [-0.1, -0.05) is 29.8 Å². The molecule has 0 aliphatic heterocycles. The van der Waals surface area contributed by atoms with E-state index in [1.165, 1.54) is 0 Å². The Balaban J connectivity index is 1.94. The predicted octanol–water partition coefficient (Wildman–Crippen LogP) is 3.82. The number of carboxylic acid groups (broad SMARTS) is 1. The lowest BCUT2D eigenvalue weighted by Crippen LogP contribution is -2.10. The molecule has 1 N–H and O–H groups in total. The van der Waals surface area contributed by atoms with E-state index in [2.05, 4.69) is 0 Å². The number of hydrogen-bond donors (Lipinski definition) is 1. The largest absolute Gasteiger partial charge is 0.497 e. The molecule has 0 bridgehead atoms. The Kier molecular flexibility index (Phi) is 6.75. The summed E-state index contributed by atoms with van der Waals surface area (Å²) in [6.45, 7) is 0.623. The molecule has 0 saturated carbocycles. The minimum Gasteiger partial charge on any atom is -0.497 e. The molecule has 2 rings (SSSR count). The van der Waals surface area contributed by atoms with E-state index in [4.69, 9.17) is 30.9 Å². The summed E-state index contributed by atoms with van der Waals surface area (Å²) in [6, 6.07) is 12.5. The monoisotopic (exact) mass is 350 g/mol. The highest BCUT2D eigenvalue weighted by molar-refractivity contribution is 6.32. The Morgan fingerprint density at radius 2 is 1.79 bits per heavy atom. The van der Waals surface area contributed by atoms with Gasteiger partial charge in [0.1, 0.15) is 30.5 Å². The first-order valence-electron chi connectivity index (χ1n) is 7.49. The molecule has 6 heteroatoms. The number of hydrogen-bond acceptors (Lipinski definition) is 4. The molecule has 24 heavy (non-hydrogen) atoms. The van der Waals surface area contributed by atoms with E-state index in [9.17, 15) is 4.79 Å². The SMILES string of the molecule is COc1ccc(CCC(=O)O)c(OCCOc2ccccc2Cl)c1. The maximum atomic E-state index is 10.8. The van der Waals surface area contributed by atoms with Crippen molar-refractivity contribution in [3.63, 3.8) is 0 Å². The molecular weight excluding hydrogens is 332 g/mol. The van der Waals surface area contributed by atoms with Crippen LogP contribution in [-0.4, -0.2) is 31.4 Å². The number of methoxy groups -OCH3 is 1. The number of halogens is 1. The molecule has 0 aliphatic carbocycles. The molecule has 2 aromatic carbocycles. The van der Waals surface area contributed by atoms with Gasteiger partial charge in [-0.05, 0) is 30.2 Å². The number of rotatable bonds is 9. The van der Waals surface area contributed by atoms with Crippen molar-refractivity contribution < 1.29 is 24.1 Å². The first kappa shape index (κ1) is 17.9. The zero-order chi connectivity index (χ0) is 17.4. The van der Waals surface area contributed by atoms with Crippen LogP contribution in [0.4, 0.5) is 0 Å². The van der Waals surface area contributed by atoms with E-state index in [1.54, 1.807) is 31.4 Å². The summed E-state index contributed by atoms with van der Waals surface area (Å²) in [4.78, 5) is 10.8. The molecule has 0 fully saturated rings. The lowest BCUT2D eigenvalue weighted by Gasteiger charge is -2.13. The fourth-order valence-corrected chi connectivity index (χ4v) is 2.30. The highest BCUT2D eigenvalue weighted by Gasteiger charge is 2.09. The van der Waals surface area contributed by atoms with E-state index in [0.29, 0.717) is 41.9 Å². The van der Waals surface area contributed by atoms with E-state index in [1.807, 2.05) is 18.2 Å². The third-order valence-corrected chi connectivity index (χ3v) is 3.63. The van der Waals surface area contributed by atoms with Crippen LogP contribution in [0.3, 0.4) is 0 Å². The normalized spacial score (nSPS) is 10.2. The van der Waals surface area contributed by atoms with Crippen molar-refractivity contribution in [2.24, 2.45) is 0 Å². The van der Waals surface area contributed by atoms with Crippen LogP contribution < -0.4 is 14.2 Å². The zero-order valence-corrected chi connectivity index (χ0v) is 14.1. The van der Waals surface area contributed by atoms with Crippen LogP contribution in [0.2, 0.25) is 5.02 Å². The predicted molar refractivity (Wildman–Crippen MR) is 91.4 cm³/mol. The van der Waals surface area contributed by atoms with Crippen molar-refractivity contribution in [1.82, 2.24) is 0 Å². The first-order valence-corrected chi connectivity index (χ1v) is 7.87. The Bertz CT molecular complexity index is 687. The molecule has 128 valence electrons. The Morgan fingerprint density at radius 1 is 1.08 bits per heavy atom. The van der Waals surface area contributed by atoms with Gasteiger partial charge in [-0.25, -0.2) is 0 Å². The number of aliphatic carboxylic acids is 1. The van der Waals surface area contributed by atoms with Crippen LogP contribution in [-0.2, 0) is 11.2 Å². The van der Waals surface area contributed by atoms with Crippen LogP contribution in [0.25, 0.3) is 0 Å². The third kappa shape index (κ3) is 5.35. The summed E-state index contributed by atoms with van der Waals surface area (Å²) in [6.07, 6.45) is 0.429. The molecule has 0 aromatic heterocycles. The second-order valence-corrected chi connectivity index (χ2v) is 5.40. The number of carboxylic acids is 1. The highest BCUT2D eigenvalue weighted by Crippen LogP contribution is 2.26. The van der Waals surface area contributed by atoms with Crippen LogP contribution in [0.5, 0.6) is 17.2 Å². The lowest BCUT2D eigenvalue weighted by molar-refractivity contribution is -0.136. The van der Waals surface area contributed by atoms with Crippen LogP contribution in [0, 0.1) is 0 Å².